The van der Waals surface area contributed by atoms with E-state index < -0.39 is 0 Å². The summed E-state index contributed by atoms with van der Waals surface area (Å²) >= 11 is 0. The monoisotopic (exact) mass is 257 g/mol. The van der Waals surface area contributed by atoms with E-state index in [4.69, 9.17) is 5.73 Å². The first kappa shape index (κ1) is 12.5. The molecule has 19 heavy (non-hydrogen) atoms. The van der Waals surface area contributed by atoms with Crippen molar-refractivity contribution in [1.82, 2.24) is 4.90 Å². The Bertz CT molecular complexity index is 491. The van der Waals surface area contributed by atoms with E-state index in [1.54, 1.807) is 0 Å². The fraction of sp³-hybridized carbons (Fsp3) is 0.562. The minimum Gasteiger partial charge on any atom is -0.370 e. The van der Waals surface area contributed by atoms with Crippen LogP contribution < -0.4 is 5.73 Å². The first-order valence-electron chi connectivity index (χ1n) is 7.39. The highest BCUT2D eigenvalue weighted by Crippen LogP contribution is 2.44. The molecule has 2 N–H and O–H groups in total. The van der Waals surface area contributed by atoms with Crippen LogP contribution in [0.5, 0.6) is 0 Å². The maximum absolute atomic E-state index is 6.10. The maximum atomic E-state index is 6.10. The predicted octanol–water partition coefficient (Wildman–Crippen LogP) is 3.03. The third-order valence-electron chi connectivity index (χ3n) is 4.46. The van der Waals surface area contributed by atoms with Crippen molar-refractivity contribution in [3.63, 3.8) is 0 Å². The molecule has 1 aliphatic heterocycles. The first-order chi connectivity index (χ1) is 9.22. The molecule has 1 fully saturated rings. The minimum atomic E-state index is 0.340. The highest BCUT2D eigenvalue weighted by molar-refractivity contribution is 5.80. The SMILES string of the molecule is CCC(C)N1C(N)=NCC1c1ccccc1C1CC1. The van der Waals surface area contributed by atoms with Gasteiger partial charge in [-0.05, 0) is 43.2 Å². The molecule has 0 saturated heterocycles. The molecule has 0 spiro atoms. The number of nitrogens with zero attached hydrogens (tertiary/aromatic N) is 2. The molecular weight excluding hydrogens is 234 g/mol. The van der Waals surface area contributed by atoms with Crippen LogP contribution in [0.4, 0.5) is 0 Å². The van der Waals surface area contributed by atoms with Crippen molar-refractivity contribution in [3.05, 3.63) is 35.4 Å². The second-order valence-corrected chi connectivity index (χ2v) is 5.78. The third kappa shape index (κ3) is 2.22. The van der Waals surface area contributed by atoms with Crippen molar-refractivity contribution in [3.8, 4) is 0 Å². The van der Waals surface area contributed by atoms with Crippen LogP contribution in [-0.4, -0.2) is 23.4 Å². The molecule has 1 heterocycles. The van der Waals surface area contributed by atoms with E-state index in [-0.39, 0.29) is 0 Å². The second-order valence-electron chi connectivity index (χ2n) is 5.78. The van der Waals surface area contributed by atoms with Crippen molar-refractivity contribution in [2.45, 2.75) is 51.1 Å². The normalized spacial score (nSPS) is 24.4. The Balaban J connectivity index is 1.93. The van der Waals surface area contributed by atoms with E-state index in [2.05, 4.69) is 48.0 Å². The number of aliphatic imine (C=N–C) groups is 1. The van der Waals surface area contributed by atoms with E-state index >= 15 is 0 Å². The topological polar surface area (TPSA) is 41.6 Å². The molecule has 1 aromatic carbocycles. The lowest BCUT2D eigenvalue weighted by Crippen LogP contribution is -2.42. The molecule has 0 radical (unpaired) electrons. The fourth-order valence-electron chi connectivity index (χ4n) is 3.07. The Morgan fingerprint density at radius 1 is 1.32 bits per heavy atom. The Kier molecular flexibility index (Phi) is 3.21. The highest BCUT2D eigenvalue weighted by Gasteiger charge is 2.34. The van der Waals surface area contributed by atoms with Crippen molar-refractivity contribution < 1.29 is 0 Å². The zero-order valence-corrected chi connectivity index (χ0v) is 11.8. The van der Waals surface area contributed by atoms with Crippen LogP contribution >= 0.6 is 0 Å². The number of guanidine groups is 1. The van der Waals surface area contributed by atoms with E-state index in [9.17, 15) is 0 Å². The lowest BCUT2D eigenvalue weighted by molar-refractivity contribution is 0.267. The molecule has 0 bridgehead atoms. The maximum Gasteiger partial charge on any atom is 0.192 e. The van der Waals surface area contributed by atoms with Crippen LogP contribution in [0.15, 0.2) is 29.3 Å². The van der Waals surface area contributed by atoms with Crippen LogP contribution in [0.1, 0.15) is 56.2 Å². The smallest absolute Gasteiger partial charge is 0.192 e. The average Bonchev–Trinajstić information content (AvgIpc) is 3.21. The van der Waals surface area contributed by atoms with Gasteiger partial charge in [-0.2, -0.15) is 0 Å². The van der Waals surface area contributed by atoms with E-state index in [0.717, 1.165) is 18.9 Å². The summed E-state index contributed by atoms with van der Waals surface area (Å²) in [7, 11) is 0. The predicted molar refractivity (Wildman–Crippen MR) is 79.2 cm³/mol. The van der Waals surface area contributed by atoms with Gasteiger partial charge < -0.3 is 10.6 Å². The summed E-state index contributed by atoms with van der Waals surface area (Å²) in [6, 6.07) is 9.64. The Hall–Kier alpha value is -1.51. The van der Waals surface area contributed by atoms with E-state index in [1.165, 1.54) is 24.0 Å². The van der Waals surface area contributed by atoms with Crippen LogP contribution in [0, 0.1) is 0 Å². The molecule has 3 rings (SSSR count). The molecule has 2 unspecified atom stereocenters. The molecule has 102 valence electrons. The summed E-state index contributed by atoms with van der Waals surface area (Å²) in [6.45, 7) is 5.25. The van der Waals surface area contributed by atoms with Crippen LogP contribution in [0.2, 0.25) is 0 Å². The van der Waals surface area contributed by atoms with Gasteiger partial charge in [0.25, 0.3) is 0 Å². The lowest BCUT2D eigenvalue weighted by atomic mass is 9.95. The first-order valence-corrected chi connectivity index (χ1v) is 7.39. The largest absolute Gasteiger partial charge is 0.370 e. The Morgan fingerprint density at radius 2 is 2.00 bits per heavy atom. The molecule has 1 aliphatic carbocycles. The van der Waals surface area contributed by atoms with E-state index in [0.29, 0.717) is 18.0 Å². The number of hydrogen-bond acceptors (Lipinski definition) is 3. The van der Waals surface area contributed by atoms with Gasteiger partial charge >= 0.3 is 0 Å². The third-order valence-corrected chi connectivity index (χ3v) is 4.46. The van der Waals surface area contributed by atoms with Gasteiger partial charge in [-0.25, -0.2) is 0 Å². The van der Waals surface area contributed by atoms with Gasteiger partial charge in [0.15, 0.2) is 5.96 Å². The van der Waals surface area contributed by atoms with Crippen molar-refractivity contribution >= 4 is 5.96 Å². The number of rotatable bonds is 4. The zero-order valence-electron chi connectivity index (χ0n) is 11.8. The van der Waals surface area contributed by atoms with Crippen LogP contribution in [0.3, 0.4) is 0 Å². The summed E-state index contributed by atoms with van der Waals surface area (Å²) in [5, 5.41) is 0. The van der Waals surface area contributed by atoms with Gasteiger partial charge in [-0.15, -0.1) is 0 Å². The van der Waals surface area contributed by atoms with Gasteiger partial charge in [-0.1, -0.05) is 31.2 Å². The van der Waals surface area contributed by atoms with Crippen LogP contribution in [-0.2, 0) is 0 Å². The summed E-state index contributed by atoms with van der Waals surface area (Å²) < 4.78 is 0. The quantitative estimate of drug-likeness (QED) is 0.900. The van der Waals surface area contributed by atoms with Gasteiger partial charge in [0.05, 0.1) is 12.6 Å². The van der Waals surface area contributed by atoms with Gasteiger partial charge in [0.2, 0.25) is 0 Å². The van der Waals surface area contributed by atoms with Crippen LogP contribution in [0.25, 0.3) is 0 Å². The van der Waals surface area contributed by atoms with Crippen molar-refractivity contribution in [2.24, 2.45) is 10.7 Å². The van der Waals surface area contributed by atoms with E-state index in [1.807, 2.05) is 0 Å². The summed E-state index contributed by atoms with van der Waals surface area (Å²) in [5.74, 6) is 1.49. The molecule has 3 heteroatoms. The highest BCUT2D eigenvalue weighted by atomic mass is 15.3. The zero-order chi connectivity index (χ0) is 13.4. The standard InChI is InChI=1S/C16H23N3/c1-3-11(2)19-15(10-18-16(19)17)14-7-5-4-6-13(14)12-8-9-12/h4-7,11-12,15H,3,8-10H2,1-2H3,(H2,17,18). The Labute approximate surface area is 115 Å². The van der Waals surface area contributed by atoms with Gasteiger partial charge in [0, 0.05) is 6.04 Å². The molecule has 1 aromatic rings. The lowest BCUT2D eigenvalue weighted by Gasteiger charge is -2.33. The average molecular weight is 257 g/mol. The summed E-state index contributed by atoms with van der Waals surface area (Å²) in [4.78, 5) is 6.79. The van der Waals surface area contributed by atoms with Gasteiger partial charge in [-0.3, -0.25) is 4.99 Å². The molecular formula is C16H23N3. The molecule has 2 aliphatic rings. The fourth-order valence-corrected chi connectivity index (χ4v) is 3.07. The van der Waals surface area contributed by atoms with Crippen molar-refractivity contribution in [1.29, 1.82) is 0 Å². The summed E-state index contributed by atoms with van der Waals surface area (Å²) in [6.07, 6.45) is 3.77. The number of benzene rings is 1. The molecule has 0 aromatic heterocycles. The molecule has 0 amide bonds. The molecule has 1 saturated carbocycles. The molecule has 3 nitrogen and oxygen atoms in total. The number of hydrogen-bond donors (Lipinski definition) is 1. The summed E-state index contributed by atoms with van der Waals surface area (Å²) in [5.41, 5.74) is 9.06. The second kappa shape index (κ2) is 4.87. The van der Waals surface area contributed by atoms with Gasteiger partial charge in [0.1, 0.15) is 0 Å². The molecule has 2 atom stereocenters. The van der Waals surface area contributed by atoms with Crippen molar-refractivity contribution in [2.75, 3.05) is 6.54 Å². The minimum absolute atomic E-state index is 0.340. The number of nitrogens with two attached hydrogens (primary N) is 1. The Morgan fingerprint density at radius 3 is 2.63 bits per heavy atom.